The first-order chi connectivity index (χ1) is 16.0. The minimum atomic E-state index is -1.14. The number of carbonyl (C=O) groups excluding carboxylic acids is 2. The van der Waals surface area contributed by atoms with Gasteiger partial charge in [-0.15, -0.1) is 0 Å². The number of anilines is 1. The van der Waals surface area contributed by atoms with Crippen molar-refractivity contribution in [1.29, 1.82) is 0 Å². The summed E-state index contributed by atoms with van der Waals surface area (Å²) in [5.74, 6) is 1.83. The van der Waals surface area contributed by atoms with Crippen LogP contribution in [0.2, 0.25) is 0 Å². The summed E-state index contributed by atoms with van der Waals surface area (Å²) in [5, 5.41) is 2.87. The lowest BCUT2D eigenvalue weighted by atomic mass is 9.92. The van der Waals surface area contributed by atoms with E-state index in [1.807, 2.05) is 25.1 Å². The van der Waals surface area contributed by atoms with Gasteiger partial charge in [0.2, 0.25) is 6.79 Å². The van der Waals surface area contributed by atoms with Crippen molar-refractivity contribution < 1.29 is 23.8 Å². The van der Waals surface area contributed by atoms with Crippen molar-refractivity contribution in [2.75, 3.05) is 51.1 Å². The van der Waals surface area contributed by atoms with Gasteiger partial charge in [0.05, 0.1) is 19.0 Å². The van der Waals surface area contributed by atoms with E-state index in [9.17, 15) is 9.59 Å². The molecule has 1 atom stereocenters. The molecule has 33 heavy (non-hydrogen) atoms. The Labute approximate surface area is 192 Å². The molecule has 1 unspecified atom stereocenters. The number of benzene rings is 2. The van der Waals surface area contributed by atoms with Crippen LogP contribution in [-0.2, 0) is 10.3 Å². The van der Waals surface area contributed by atoms with E-state index in [-0.39, 0.29) is 25.4 Å². The van der Waals surface area contributed by atoms with Crippen LogP contribution in [0.3, 0.4) is 0 Å². The van der Waals surface area contributed by atoms with E-state index in [0.29, 0.717) is 23.7 Å². The van der Waals surface area contributed by atoms with Crippen LogP contribution in [0.15, 0.2) is 42.5 Å². The highest BCUT2D eigenvalue weighted by molar-refractivity contribution is 6.07. The highest BCUT2D eigenvalue weighted by atomic mass is 16.7. The molecule has 2 aromatic rings. The Kier molecular flexibility index (Phi) is 5.49. The molecule has 3 heterocycles. The molecule has 0 saturated carbocycles. The van der Waals surface area contributed by atoms with Crippen molar-refractivity contribution in [3.8, 4) is 17.2 Å². The van der Waals surface area contributed by atoms with Gasteiger partial charge in [-0.3, -0.25) is 9.69 Å². The molecule has 0 spiro atoms. The van der Waals surface area contributed by atoms with Crippen molar-refractivity contribution in [1.82, 2.24) is 15.1 Å². The van der Waals surface area contributed by atoms with Gasteiger partial charge in [-0.2, -0.15) is 0 Å². The molecular formula is C24H28N4O5. The number of rotatable bonds is 6. The molecule has 2 fully saturated rings. The lowest BCUT2D eigenvalue weighted by Gasteiger charge is -2.37. The second kappa shape index (κ2) is 8.47. The second-order valence-electron chi connectivity index (χ2n) is 8.50. The van der Waals surface area contributed by atoms with Crippen LogP contribution in [0.25, 0.3) is 0 Å². The molecule has 3 amide bonds. The predicted octanol–water partition coefficient (Wildman–Crippen LogP) is 2.36. The number of hydrogen-bond donors (Lipinski definition) is 1. The monoisotopic (exact) mass is 452 g/mol. The van der Waals surface area contributed by atoms with Gasteiger partial charge in [0.1, 0.15) is 11.3 Å². The highest BCUT2D eigenvalue weighted by Crippen LogP contribution is 2.38. The fourth-order valence-electron chi connectivity index (χ4n) is 4.55. The van der Waals surface area contributed by atoms with Gasteiger partial charge in [-0.05, 0) is 43.7 Å². The maximum Gasteiger partial charge on any atom is 0.326 e. The van der Waals surface area contributed by atoms with Crippen LogP contribution in [0.4, 0.5) is 10.5 Å². The molecular weight excluding hydrogens is 424 g/mol. The number of nitrogens with one attached hydrogen (secondary N) is 1. The number of fused-ring (bicyclic) bond motifs is 1. The largest absolute Gasteiger partial charge is 0.492 e. The first-order valence-corrected chi connectivity index (χ1v) is 11.2. The van der Waals surface area contributed by atoms with Gasteiger partial charge in [0.25, 0.3) is 5.91 Å². The van der Waals surface area contributed by atoms with Crippen LogP contribution in [0.5, 0.6) is 17.2 Å². The van der Waals surface area contributed by atoms with E-state index in [2.05, 4.69) is 21.2 Å². The quantitative estimate of drug-likeness (QED) is 0.674. The summed E-state index contributed by atoms with van der Waals surface area (Å²) < 4.78 is 16.6. The fourth-order valence-corrected chi connectivity index (χ4v) is 4.55. The number of hydrogen-bond acceptors (Lipinski definition) is 7. The first kappa shape index (κ1) is 21.4. The molecule has 5 rings (SSSR count). The molecule has 0 bridgehead atoms. The van der Waals surface area contributed by atoms with Gasteiger partial charge < -0.3 is 24.4 Å². The number of para-hydroxylation sites is 2. The zero-order chi connectivity index (χ0) is 23.0. The van der Waals surface area contributed by atoms with Gasteiger partial charge in [-0.1, -0.05) is 18.2 Å². The van der Waals surface area contributed by atoms with Gasteiger partial charge in [0, 0.05) is 26.2 Å². The average Bonchev–Trinajstić information content (AvgIpc) is 3.38. The maximum absolute atomic E-state index is 13.3. The van der Waals surface area contributed by atoms with Crippen LogP contribution < -0.4 is 24.4 Å². The molecule has 174 valence electrons. The van der Waals surface area contributed by atoms with E-state index >= 15 is 0 Å². The number of ether oxygens (including phenoxy) is 3. The number of carbonyl (C=O) groups is 2. The van der Waals surface area contributed by atoms with Crippen LogP contribution in [0, 0.1) is 0 Å². The number of amides is 3. The SMILES string of the molecule is CCOc1ccccc1N1CCN(CN2C(=O)NC(C)(c3ccc4c(c3)OCO4)C2=O)CC1. The van der Waals surface area contributed by atoms with Gasteiger partial charge in [-0.25, -0.2) is 9.69 Å². The summed E-state index contributed by atoms with van der Waals surface area (Å²) in [5.41, 5.74) is 0.602. The van der Waals surface area contributed by atoms with Gasteiger partial charge in [0.15, 0.2) is 11.5 Å². The average molecular weight is 453 g/mol. The molecule has 0 aliphatic carbocycles. The van der Waals surface area contributed by atoms with Crippen LogP contribution in [-0.4, -0.2) is 68.0 Å². The molecule has 2 saturated heterocycles. The van der Waals surface area contributed by atoms with Crippen LogP contribution in [0.1, 0.15) is 19.4 Å². The summed E-state index contributed by atoms with van der Waals surface area (Å²) in [7, 11) is 0. The third kappa shape index (κ3) is 3.82. The molecule has 0 aromatic heterocycles. The minimum absolute atomic E-state index is 0.156. The van der Waals surface area contributed by atoms with E-state index in [1.54, 1.807) is 25.1 Å². The molecule has 9 heteroatoms. The molecule has 2 aromatic carbocycles. The van der Waals surface area contributed by atoms with Crippen molar-refractivity contribution in [2.45, 2.75) is 19.4 Å². The fraction of sp³-hybridized carbons (Fsp3) is 0.417. The third-order valence-corrected chi connectivity index (χ3v) is 6.44. The van der Waals surface area contributed by atoms with Gasteiger partial charge >= 0.3 is 6.03 Å². The second-order valence-corrected chi connectivity index (χ2v) is 8.50. The Morgan fingerprint density at radius 2 is 1.79 bits per heavy atom. The topological polar surface area (TPSA) is 83.6 Å². The predicted molar refractivity (Wildman–Crippen MR) is 122 cm³/mol. The third-order valence-electron chi connectivity index (χ3n) is 6.44. The molecule has 9 nitrogen and oxygen atoms in total. The minimum Gasteiger partial charge on any atom is -0.492 e. The zero-order valence-electron chi connectivity index (χ0n) is 18.9. The summed E-state index contributed by atoms with van der Waals surface area (Å²) in [6, 6.07) is 13.0. The Morgan fingerprint density at radius 3 is 2.58 bits per heavy atom. The number of urea groups is 1. The summed E-state index contributed by atoms with van der Waals surface area (Å²) >= 11 is 0. The maximum atomic E-state index is 13.3. The smallest absolute Gasteiger partial charge is 0.326 e. The lowest BCUT2D eigenvalue weighted by molar-refractivity contribution is -0.132. The Balaban J connectivity index is 1.24. The standard InChI is InChI=1S/C24H28N4O5/c1-3-31-19-7-5-4-6-18(19)27-12-10-26(11-13-27)15-28-22(29)24(2,25-23(28)30)17-8-9-20-21(14-17)33-16-32-20/h4-9,14H,3,10-13,15-16H2,1-2H3,(H,25,30). The lowest BCUT2D eigenvalue weighted by Crippen LogP contribution is -2.51. The molecule has 3 aliphatic heterocycles. The molecule has 1 N–H and O–H groups in total. The van der Waals surface area contributed by atoms with E-state index < -0.39 is 5.54 Å². The normalized spacial score (nSPS) is 22.6. The van der Waals surface area contributed by atoms with E-state index in [0.717, 1.165) is 37.6 Å². The Bertz CT molecular complexity index is 1070. The summed E-state index contributed by atoms with van der Waals surface area (Å²) in [4.78, 5) is 31.8. The van der Waals surface area contributed by atoms with E-state index in [4.69, 9.17) is 14.2 Å². The van der Waals surface area contributed by atoms with E-state index in [1.165, 1.54) is 4.90 Å². The zero-order valence-corrected chi connectivity index (χ0v) is 18.9. The molecule has 0 radical (unpaired) electrons. The Morgan fingerprint density at radius 1 is 1.03 bits per heavy atom. The summed E-state index contributed by atoms with van der Waals surface area (Å²) in [6.07, 6.45) is 0. The van der Waals surface area contributed by atoms with Crippen molar-refractivity contribution >= 4 is 17.6 Å². The van der Waals surface area contributed by atoms with Crippen molar-refractivity contribution in [2.24, 2.45) is 0 Å². The van der Waals surface area contributed by atoms with Crippen molar-refractivity contribution in [3.05, 3.63) is 48.0 Å². The Hall–Kier alpha value is -3.46. The number of nitrogens with zero attached hydrogens (tertiary/aromatic N) is 3. The van der Waals surface area contributed by atoms with Crippen molar-refractivity contribution in [3.63, 3.8) is 0 Å². The van der Waals surface area contributed by atoms with Crippen LogP contribution >= 0.6 is 0 Å². The molecule has 3 aliphatic rings. The number of imide groups is 1. The highest BCUT2D eigenvalue weighted by Gasteiger charge is 2.49. The number of piperazine rings is 1. The summed E-state index contributed by atoms with van der Waals surface area (Å²) in [6.45, 7) is 7.77. The first-order valence-electron chi connectivity index (χ1n) is 11.2.